The van der Waals surface area contributed by atoms with E-state index in [1.165, 1.54) is 10.9 Å². The summed E-state index contributed by atoms with van der Waals surface area (Å²) in [7, 11) is 0. The Balaban J connectivity index is 1.53. The molecule has 3 aromatic heterocycles. The maximum Gasteiger partial charge on any atom is 0.336 e. The molecule has 154 valence electrons. The number of thioether (sulfide) groups is 1. The van der Waals surface area contributed by atoms with Crippen LogP contribution in [-0.4, -0.2) is 9.97 Å². The molecular weight excluding hydrogens is 428 g/mol. The van der Waals surface area contributed by atoms with Crippen LogP contribution >= 0.6 is 23.1 Å². The second-order valence-electron chi connectivity index (χ2n) is 7.07. The Labute approximate surface area is 186 Å². The minimum atomic E-state index is -0.390. The van der Waals surface area contributed by atoms with E-state index in [2.05, 4.69) is 26.0 Å². The number of rotatable bonds is 5. The fraction of sp³-hybridized carbons (Fsp3) is 0.125. The molecule has 7 heteroatoms. The molecule has 0 N–H and O–H groups in total. The third-order valence-corrected chi connectivity index (χ3v) is 7.07. The van der Waals surface area contributed by atoms with E-state index in [1.807, 2.05) is 30.3 Å². The highest BCUT2D eigenvalue weighted by atomic mass is 32.2. The third-order valence-electron chi connectivity index (χ3n) is 4.96. The second-order valence-corrected chi connectivity index (χ2v) is 9.32. The van der Waals surface area contributed by atoms with Crippen molar-refractivity contribution < 1.29 is 9.15 Å². The van der Waals surface area contributed by atoms with Crippen LogP contribution in [0, 0.1) is 13.8 Å². The molecule has 0 radical (unpaired) electrons. The summed E-state index contributed by atoms with van der Waals surface area (Å²) in [4.78, 5) is 24.4. The van der Waals surface area contributed by atoms with Gasteiger partial charge in [0.15, 0.2) is 0 Å². The van der Waals surface area contributed by atoms with E-state index in [4.69, 9.17) is 19.1 Å². The van der Waals surface area contributed by atoms with Crippen molar-refractivity contribution in [2.75, 3.05) is 0 Å². The van der Waals surface area contributed by atoms with E-state index in [0.29, 0.717) is 28.8 Å². The monoisotopic (exact) mass is 446 g/mol. The highest BCUT2D eigenvalue weighted by Gasteiger charge is 2.17. The van der Waals surface area contributed by atoms with Crippen molar-refractivity contribution in [2.45, 2.75) is 24.5 Å². The Bertz CT molecular complexity index is 1460. The summed E-state index contributed by atoms with van der Waals surface area (Å²) in [6.45, 7) is 4.14. The highest BCUT2D eigenvalue weighted by molar-refractivity contribution is 7.98. The molecule has 2 aromatic carbocycles. The summed E-state index contributed by atoms with van der Waals surface area (Å²) in [5.41, 5.74) is 1.21. The van der Waals surface area contributed by atoms with E-state index < -0.39 is 5.63 Å². The Morgan fingerprint density at radius 3 is 2.68 bits per heavy atom. The second kappa shape index (κ2) is 8.17. The molecule has 0 aliphatic heterocycles. The molecule has 0 aliphatic rings. The largest absolute Gasteiger partial charge is 0.438 e. The fourth-order valence-electron chi connectivity index (χ4n) is 3.27. The van der Waals surface area contributed by atoms with Crippen LogP contribution in [0.25, 0.3) is 21.2 Å². The van der Waals surface area contributed by atoms with Crippen LogP contribution in [0.5, 0.6) is 11.6 Å². The number of aryl methyl sites for hydroxylation is 2. The van der Waals surface area contributed by atoms with Gasteiger partial charge < -0.3 is 9.15 Å². The molecule has 0 fully saturated rings. The predicted octanol–water partition coefficient (Wildman–Crippen LogP) is 6.50. The van der Waals surface area contributed by atoms with Crippen molar-refractivity contribution in [1.29, 1.82) is 0 Å². The van der Waals surface area contributed by atoms with Gasteiger partial charge in [-0.3, -0.25) is 0 Å². The molecule has 0 saturated carbocycles. The first kappa shape index (κ1) is 19.8. The Hall–Kier alpha value is -3.16. The number of thiophene rings is 1. The summed E-state index contributed by atoms with van der Waals surface area (Å²) in [5, 5.41) is 1.76. The maximum absolute atomic E-state index is 11.6. The Kier molecular flexibility index (Phi) is 5.21. The highest BCUT2D eigenvalue weighted by Crippen LogP contribution is 2.37. The zero-order valence-electron chi connectivity index (χ0n) is 16.9. The zero-order valence-corrected chi connectivity index (χ0v) is 18.5. The molecule has 31 heavy (non-hydrogen) atoms. The number of nitrogens with zero attached hydrogens (tertiary/aromatic N) is 2. The average molecular weight is 447 g/mol. The van der Waals surface area contributed by atoms with E-state index in [9.17, 15) is 4.79 Å². The molecule has 3 heterocycles. The summed E-state index contributed by atoms with van der Waals surface area (Å²) < 4.78 is 11.5. The summed E-state index contributed by atoms with van der Waals surface area (Å²) >= 11 is 3.33. The topological polar surface area (TPSA) is 65.2 Å². The van der Waals surface area contributed by atoms with E-state index >= 15 is 0 Å². The maximum atomic E-state index is 11.6. The van der Waals surface area contributed by atoms with Crippen molar-refractivity contribution in [3.8, 4) is 11.6 Å². The number of benzene rings is 2. The molecule has 0 unspecified atom stereocenters. The molecule has 0 atom stereocenters. The fourth-order valence-corrected chi connectivity index (χ4v) is 5.09. The standard InChI is InChI=1S/C24H18N2O3S2/c1-14-15(2)31-24-22(14)23(25-20(26-24)13-30-18-6-4-3-5-7-18)28-17-10-8-16-9-11-21(27)29-19(16)12-17/h3-12H,13H2,1-2H3. The first-order valence-electron chi connectivity index (χ1n) is 9.73. The molecule has 0 aliphatic carbocycles. The minimum absolute atomic E-state index is 0.390. The van der Waals surface area contributed by atoms with Gasteiger partial charge in [-0.05, 0) is 49.7 Å². The van der Waals surface area contributed by atoms with Crippen molar-refractivity contribution in [2.24, 2.45) is 0 Å². The zero-order chi connectivity index (χ0) is 21.4. The number of hydrogen-bond acceptors (Lipinski definition) is 7. The van der Waals surface area contributed by atoms with Crippen LogP contribution in [0.3, 0.4) is 0 Å². The number of hydrogen-bond donors (Lipinski definition) is 0. The number of ether oxygens (including phenoxy) is 1. The number of aromatic nitrogens is 2. The van der Waals surface area contributed by atoms with Crippen LogP contribution in [0.2, 0.25) is 0 Å². The van der Waals surface area contributed by atoms with Gasteiger partial charge >= 0.3 is 5.63 Å². The summed E-state index contributed by atoms with van der Waals surface area (Å²) in [6, 6.07) is 18.8. The van der Waals surface area contributed by atoms with Crippen LogP contribution < -0.4 is 10.4 Å². The molecule has 5 nitrogen and oxygen atoms in total. The van der Waals surface area contributed by atoms with Crippen LogP contribution in [0.1, 0.15) is 16.3 Å². The lowest BCUT2D eigenvalue weighted by atomic mass is 10.2. The van der Waals surface area contributed by atoms with Gasteiger partial charge in [-0.15, -0.1) is 23.1 Å². The van der Waals surface area contributed by atoms with Crippen molar-refractivity contribution in [3.05, 3.63) is 87.3 Å². The van der Waals surface area contributed by atoms with Gasteiger partial charge in [0, 0.05) is 27.3 Å². The van der Waals surface area contributed by atoms with Crippen molar-refractivity contribution in [3.63, 3.8) is 0 Å². The van der Waals surface area contributed by atoms with Gasteiger partial charge in [-0.1, -0.05) is 18.2 Å². The first-order valence-corrected chi connectivity index (χ1v) is 11.5. The molecule has 0 bridgehead atoms. The Morgan fingerprint density at radius 2 is 1.84 bits per heavy atom. The average Bonchev–Trinajstić information content (AvgIpc) is 3.06. The van der Waals surface area contributed by atoms with Gasteiger partial charge in [0.05, 0.1) is 11.1 Å². The molecule has 5 aromatic rings. The van der Waals surface area contributed by atoms with Crippen LogP contribution in [0.15, 0.2) is 74.8 Å². The van der Waals surface area contributed by atoms with Gasteiger partial charge in [0.2, 0.25) is 5.88 Å². The molecule has 0 saturated heterocycles. The van der Waals surface area contributed by atoms with Gasteiger partial charge in [0.1, 0.15) is 22.0 Å². The van der Waals surface area contributed by atoms with Crippen LogP contribution in [0.4, 0.5) is 0 Å². The normalized spacial score (nSPS) is 11.3. The quantitative estimate of drug-likeness (QED) is 0.227. The molecule has 0 spiro atoms. The van der Waals surface area contributed by atoms with Gasteiger partial charge in [-0.2, -0.15) is 4.98 Å². The third kappa shape index (κ3) is 4.06. The smallest absolute Gasteiger partial charge is 0.336 e. The molecule has 0 amide bonds. The Morgan fingerprint density at radius 1 is 1.03 bits per heavy atom. The van der Waals surface area contributed by atoms with Gasteiger partial charge in [-0.25, -0.2) is 9.78 Å². The van der Waals surface area contributed by atoms with E-state index in [1.54, 1.807) is 35.2 Å². The predicted molar refractivity (Wildman–Crippen MR) is 125 cm³/mol. The van der Waals surface area contributed by atoms with Crippen molar-refractivity contribution in [1.82, 2.24) is 9.97 Å². The number of fused-ring (bicyclic) bond motifs is 2. The first-order chi connectivity index (χ1) is 15.1. The van der Waals surface area contributed by atoms with Crippen molar-refractivity contribution >= 4 is 44.3 Å². The summed E-state index contributed by atoms with van der Waals surface area (Å²) in [6.07, 6.45) is 0. The lowest BCUT2D eigenvalue weighted by molar-refractivity contribution is 0.465. The van der Waals surface area contributed by atoms with Gasteiger partial charge in [0.25, 0.3) is 0 Å². The van der Waals surface area contributed by atoms with Crippen LogP contribution in [-0.2, 0) is 5.75 Å². The molecule has 5 rings (SSSR count). The lowest BCUT2D eigenvalue weighted by Gasteiger charge is -2.09. The molecular formula is C24H18N2O3S2. The van der Waals surface area contributed by atoms with E-state index in [-0.39, 0.29) is 0 Å². The van der Waals surface area contributed by atoms with E-state index in [0.717, 1.165) is 26.1 Å². The lowest BCUT2D eigenvalue weighted by Crippen LogP contribution is -1.98. The minimum Gasteiger partial charge on any atom is -0.438 e. The summed E-state index contributed by atoms with van der Waals surface area (Å²) in [5.74, 6) is 2.43. The SMILES string of the molecule is Cc1sc2nc(CSc3ccccc3)nc(Oc3ccc4ccc(=O)oc4c3)c2c1C.